The molecule has 0 amide bonds. The van der Waals surface area contributed by atoms with E-state index in [4.69, 9.17) is 25.8 Å². The van der Waals surface area contributed by atoms with Crippen molar-refractivity contribution in [2.24, 2.45) is 5.92 Å². The number of aromatic nitrogens is 1. The number of allylic oxidation sites excluding steroid dienone is 2. The lowest BCUT2D eigenvalue weighted by Gasteiger charge is -2.45. The van der Waals surface area contributed by atoms with E-state index in [1.54, 1.807) is 12.1 Å². The second-order valence-electron chi connectivity index (χ2n) is 7.65. The third-order valence-corrected chi connectivity index (χ3v) is 6.01. The summed E-state index contributed by atoms with van der Waals surface area (Å²) in [6.07, 6.45) is 6.38. The number of methoxy groups -OCH3 is 1. The predicted molar refractivity (Wildman–Crippen MR) is 111 cm³/mol. The van der Waals surface area contributed by atoms with Crippen LogP contribution in [-0.4, -0.2) is 23.9 Å². The molecule has 3 atom stereocenters. The molecule has 3 unspecified atom stereocenters. The third kappa shape index (κ3) is 3.77. The lowest BCUT2D eigenvalue weighted by atomic mass is 9.82. The van der Waals surface area contributed by atoms with Crippen molar-refractivity contribution >= 4 is 23.1 Å². The van der Waals surface area contributed by atoms with Gasteiger partial charge in [0.25, 0.3) is 0 Å². The number of pyridine rings is 1. The molecule has 0 spiro atoms. The zero-order valence-electron chi connectivity index (χ0n) is 16.8. The van der Waals surface area contributed by atoms with E-state index in [-0.39, 0.29) is 12.0 Å². The molecule has 0 radical (unpaired) electrons. The quantitative estimate of drug-likeness (QED) is 0.613. The molecular formula is C23H24ClNO4. The highest BCUT2D eigenvalue weighted by atomic mass is 35.5. The van der Waals surface area contributed by atoms with Gasteiger partial charge in [0.1, 0.15) is 5.75 Å². The number of halogens is 1. The van der Waals surface area contributed by atoms with Crippen LogP contribution in [0.2, 0.25) is 5.02 Å². The third-order valence-electron chi connectivity index (χ3n) is 5.79. The second-order valence-corrected chi connectivity index (χ2v) is 8.09. The SMILES string of the molecule is COC(=O)c1cc(Cl)cc2c1C(C)OC(C)(C1CC=C(c3ccccn3)CC1)O2. The number of nitrogens with zero attached hydrogens (tertiary/aromatic N) is 1. The van der Waals surface area contributed by atoms with Crippen molar-refractivity contribution in [3.05, 3.63) is 64.4 Å². The van der Waals surface area contributed by atoms with E-state index < -0.39 is 11.8 Å². The summed E-state index contributed by atoms with van der Waals surface area (Å²) in [6, 6.07) is 9.31. The molecule has 6 heteroatoms. The van der Waals surface area contributed by atoms with Gasteiger partial charge in [-0.3, -0.25) is 4.98 Å². The molecule has 4 rings (SSSR count). The van der Waals surface area contributed by atoms with Gasteiger partial charge in [-0.05, 0) is 56.0 Å². The summed E-state index contributed by atoms with van der Waals surface area (Å²) < 4.78 is 17.6. The Hall–Kier alpha value is -2.37. The topological polar surface area (TPSA) is 57.7 Å². The average molecular weight is 414 g/mol. The number of carbonyl (C=O) groups is 1. The van der Waals surface area contributed by atoms with Crippen molar-refractivity contribution in [2.45, 2.75) is 45.0 Å². The summed E-state index contributed by atoms with van der Waals surface area (Å²) in [4.78, 5) is 16.7. The van der Waals surface area contributed by atoms with Crippen molar-refractivity contribution in [1.29, 1.82) is 0 Å². The smallest absolute Gasteiger partial charge is 0.338 e. The first-order valence-corrected chi connectivity index (χ1v) is 10.2. The Morgan fingerprint density at radius 2 is 2.17 bits per heavy atom. The van der Waals surface area contributed by atoms with E-state index in [1.165, 1.54) is 12.7 Å². The molecule has 0 saturated carbocycles. The first-order valence-electron chi connectivity index (χ1n) is 9.80. The fourth-order valence-electron chi connectivity index (χ4n) is 4.30. The number of hydrogen-bond donors (Lipinski definition) is 0. The molecule has 2 aliphatic rings. The highest BCUT2D eigenvalue weighted by molar-refractivity contribution is 6.31. The molecule has 0 fully saturated rings. The lowest BCUT2D eigenvalue weighted by molar-refractivity contribution is -0.245. The Morgan fingerprint density at radius 3 is 2.83 bits per heavy atom. The van der Waals surface area contributed by atoms with Gasteiger partial charge in [-0.1, -0.05) is 23.7 Å². The molecule has 1 aliphatic heterocycles. The molecule has 0 saturated heterocycles. The minimum absolute atomic E-state index is 0.172. The van der Waals surface area contributed by atoms with E-state index in [9.17, 15) is 4.79 Å². The number of benzene rings is 1. The lowest BCUT2D eigenvalue weighted by Crippen LogP contribution is -2.47. The molecule has 5 nitrogen and oxygen atoms in total. The molecule has 1 aliphatic carbocycles. The number of hydrogen-bond acceptors (Lipinski definition) is 5. The van der Waals surface area contributed by atoms with Crippen LogP contribution in [0.1, 0.15) is 60.8 Å². The maximum Gasteiger partial charge on any atom is 0.338 e. The first-order chi connectivity index (χ1) is 13.9. The van der Waals surface area contributed by atoms with Crippen LogP contribution in [0.3, 0.4) is 0 Å². The minimum atomic E-state index is -0.809. The summed E-state index contributed by atoms with van der Waals surface area (Å²) in [7, 11) is 1.35. The molecule has 152 valence electrons. The highest BCUT2D eigenvalue weighted by Gasteiger charge is 2.45. The molecule has 29 heavy (non-hydrogen) atoms. The predicted octanol–water partition coefficient (Wildman–Crippen LogP) is 5.59. The van der Waals surface area contributed by atoms with Crippen molar-refractivity contribution in [2.75, 3.05) is 7.11 Å². The van der Waals surface area contributed by atoms with Gasteiger partial charge in [-0.25, -0.2) is 4.79 Å². The molecule has 2 aromatic rings. The van der Waals surface area contributed by atoms with Gasteiger partial charge < -0.3 is 14.2 Å². The van der Waals surface area contributed by atoms with Crippen molar-refractivity contribution in [1.82, 2.24) is 4.98 Å². The van der Waals surface area contributed by atoms with Crippen LogP contribution in [0.4, 0.5) is 0 Å². The summed E-state index contributed by atoms with van der Waals surface area (Å²) >= 11 is 6.25. The Bertz CT molecular complexity index is 959. The van der Waals surface area contributed by atoms with E-state index >= 15 is 0 Å². The molecule has 2 heterocycles. The molecule has 1 aromatic heterocycles. The van der Waals surface area contributed by atoms with Gasteiger partial charge in [-0.2, -0.15) is 0 Å². The Kier molecular flexibility index (Phi) is 5.36. The first kappa shape index (κ1) is 19.9. The number of fused-ring (bicyclic) bond motifs is 1. The molecule has 1 aromatic carbocycles. The molecule has 0 bridgehead atoms. The summed E-state index contributed by atoms with van der Waals surface area (Å²) in [5, 5.41) is 0.432. The van der Waals surface area contributed by atoms with Gasteiger partial charge in [-0.15, -0.1) is 0 Å². The maximum absolute atomic E-state index is 12.2. The van der Waals surface area contributed by atoms with Crippen LogP contribution < -0.4 is 4.74 Å². The largest absolute Gasteiger partial charge is 0.465 e. The van der Waals surface area contributed by atoms with E-state index in [2.05, 4.69) is 11.1 Å². The van der Waals surface area contributed by atoms with E-state index in [1.807, 2.05) is 38.2 Å². The van der Waals surface area contributed by atoms with Gasteiger partial charge in [0.05, 0.1) is 24.5 Å². The normalized spacial score (nSPS) is 26.1. The number of ether oxygens (including phenoxy) is 3. The van der Waals surface area contributed by atoms with Gasteiger partial charge in [0.15, 0.2) is 0 Å². The van der Waals surface area contributed by atoms with Gasteiger partial charge in [0, 0.05) is 29.6 Å². The minimum Gasteiger partial charge on any atom is -0.465 e. The fraction of sp³-hybridized carbons (Fsp3) is 0.391. The number of carbonyl (C=O) groups excluding carboxylic acids is 1. The van der Waals surface area contributed by atoms with Crippen LogP contribution in [0.5, 0.6) is 5.75 Å². The number of esters is 1. The number of rotatable bonds is 3. The van der Waals surface area contributed by atoms with Crippen LogP contribution >= 0.6 is 11.6 Å². The Balaban J connectivity index is 1.61. The summed E-state index contributed by atoms with van der Waals surface area (Å²) in [6.45, 7) is 3.90. The van der Waals surface area contributed by atoms with Gasteiger partial charge in [0.2, 0.25) is 5.79 Å². The van der Waals surface area contributed by atoms with Crippen LogP contribution in [0.25, 0.3) is 5.57 Å². The zero-order chi connectivity index (χ0) is 20.6. The maximum atomic E-state index is 12.2. The van der Waals surface area contributed by atoms with E-state index in [0.29, 0.717) is 21.9 Å². The highest BCUT2D eigenvalue weighted by Crippen LogP contribution is 2.47. The molecular weight excluding hydrogens is 390 g/mol. The van der Waals surface area contributed by atoms with Crippen molar-refractivity contribution in [3.8, 4) is 5.75 Å². The Labute approximate surface area is 175 Å². The summed E-state index contributed by atoms with van der Waals surface area (Å²) in [5.74, 6) is -0.506. The van der Waals surface area contributed by atoms with Crippen molar-refractivity contribution < 1.29 is 19.0 Å². The standard InChI is InChI=1S/C23H24ClNO4/c1-14-21-18(22(26)27-3)12-17(24)13-20(21)29-23(2,28-14)16-9-7-15(8-10-16)19-6-4-5-11-25-19/h4-7,11-14,16H,8-10H2,1-3H3. The van der Waals surface area contributed by atoms with Gasteiger partial charge >= 0.3 is 5.97 Å². The van der Waals surface area contributed by atoms with Crippen LogP contribution in [0.15, 0.2) is 42.6 Å². The molecule has 0 N–H and O–H groups in total. The average Bonchev–Trinajstić information content (AvgIpc) is 2.73. The fourth-order valence-corrected chi connectivity index (χ4v) is 4.51. The monoisotopic (exact) mass is 413 g/mol. The van der Waals surface area contributed by atoms with Crippen molar-refractivity contribution in [3.63, 3.8) is 0 Å². The zero-order valence-corrected chi connectivity index (χ0v) is 17.5. The Morgan fingerprint density at radius 1 is 1.34 bits per heavy atom. The van der Waals surface area contributed by atoms with E-state index in [0.717, 1.165) is 25.0 Å². The summed E-state index contributed by atoms with van der Waals surface area (Å²) in [5.41, 5.74) is 3.34. The second kappa shape index (κ2) is 7.81. The van der Waals surface area contributed by atoms with Crippen LogP contribution in [-0.2, 0) is 9.47 Å². The van der Waals surface area contributed by atoms with Crippen LogP contribution in [0, 0.1) is 5.92 Å².